The Morgan fingerprint density at radius 2 is 1.77 bits per heavy atom. The van der Waals surface area contributed by atoms with Crippen molar-refractivity contribution >= 4 is 5.97 Å². The summed E-state index contributed by atoms with van der Waals surface area (Å²) >= 11 is 0. The Morgan fingerprint density at radius 3 is 2.45 bits per heavy atom. The number of methoxy groups -OCH3 is 1. The highest BCUT2D eigenvalue weighted by atomic mass is 16.6. The topological polar surface area (TPSA) is 44.8 Å². The summed E-state index contributed by atoms with van der Waals surface area (Å²) in [6.07, 6.45) is 0. The van der Waals surface area contributed by atoms with Gasteiger partial charge >= 0.3 is 5.97 Å². The Balaban J connectivity index is 2.15. The van der Waals surface area contributed by atoms with Crippen molar-refractivity contribution in [2.45, 2.75) is 20.5 Å². The molecule has 2 rings (SSSR count). The van der Waals surface area contributed by atoms with Gasteiger partial charge in [0.05, 0.1) is 7.11 Å². The zero-order valence-electron chi connectivity index (χ0n) is 13.1. The minimum absolute atomic E-state index is 0.138. The van der Waals surface area contributed by atoms with Gasteiger partial charge in [-0.25, -0.2) is 4.79 Å². The van der Waals surface area contributed by atoms with E-state index in [2.05, 4.69) is 4.74 Å². The second-order valence-corrected chi connectivity index (χ2v) is 5.05. The largest absolute Gasteiger partial charge is 0.485 e. The highest BCUT2D eigenvalue weighted by Gasteiger charge is 2.12. The first kappa shape index (κ1) is 15.9. The average molecular weight is 300 g/mol. The summed E-state index contributed by atoms with van der Waals surface area (Å²) < 4.78 is 16.0. The second kappa shape index (κ2) is 7.50. The normalized spacial score (nSPS) is 10.1. The summed E-state index contributed by atoms with van der Waals surface area (Å²) in [5, 5.41) is 0. The Labute approximate surface area is 130 Å². The summed E-state index contributed by atoms with van der Waals surface area (Å²) in [5.41, 5.74) is 3.08. The lowest BCUT2D eigenvalue weighted by atomic mass is 10.1. The summed E-state index contributed by atoms with van der Waals surface area (Å²) in [6.45, 7) is 4.23. The number of aryl methyl sites for hydroxylation is 2. The van der Waals surface area contributed by atoms with E-state index in [9.17, 15) is 4.79 Å². The van der Waals surface area contributed by atoms with Crippen LogP contribution in [0.1, 0.15) is 16.7 Å². The summed E-state index contributed by atoms with van der Waals surface area (Å²) in [5.74, 6) is 0.783. The van der Waals surface area contributed by atoms with E-state index < -0.39 is 5.97 Å². The molecule has 2 aromatic rings. The van der Waals surface area contributed by atoms with E-state index in [1.807, 2.05) is 56.3 Å². The molecule has 0 fully saturated rings. The monoisotopic (exact) mass is 300 g/mol. The molecule has 0 aromatic heterocycles. The molecule has 0 amide bonds. The number of carbonyl (C=O) groups excluding carboxylic acids is 1. The molecule has 22 heavy (non-hydrogen) atoms. The van der Waals surface area contributed by atoms with Crippen molar-refractivity contribution in [3.05, 3.63) is 59.2 Å². The molecule has 0 aliphatic carbocycles. The summed E-state index contributed by atoms with van der Waals surface area (Å²) in [4.78, 5) is 11.3. The van der Waals surface area contributed by atoms with Crippen LogP contribution in [0.3, 0.4) is 0 Å². The number of hydrogen-bond acceptors (Lipinski definition) is 4. The highest BCUT2D eigenvalue weighted by molar-refractivity contribution is 5.71. The molecule has 0 unspecified atom stereocenters. The van der Waals surface area contributed by atoms with Crippen molar-refractivity contribution in [2.24, 2.45) is 0 Å². The third-order valence-corrected chi connectivity index (χ3v) is 3.18. The minimum atomic E-state index is -0.423. The third kappa shape index (κ3) is 4.25. The highest BCUT2D eigenvalue weighted by Crippen LogP contribution is 2.33. The molecule has 116 valence electrons. The van der Waals surface area contributed by atoms with Crippen LogP contribution in [-0.4, -0.2) is 19.7 Å². The number of benzene rings is 2. The fourth-order valence-corrected chi connectivity index (χ4v) is 2.13. The van der Waals surface area contributed by atoms with E-state index in [-0.39, 0.29) is 6.61 Å². The standard InChI is InChI=1S/C18H20O4/c1-13-9-14(2)18(16(10-13)21-12-17(19)20-3)22-11-15-7-5-4-6-8-15/h4-10H,11-12H2,1-3H3. The Hall–Kier alpha value is -2.49. The molecule has 0 spiro atoms. The Bertz CT molecular complexity index is 635. The van der Waals surface area contributed by atoms with Crippen molar-refractivity contribution < 1.29 is 19.0 Å². The predicted octanol–water partition coefficient (Wildman–Crippen LogP) is 3.43. The molecule has 0 aliphatic heterocycles. The van der Waals surface area contributed by atoms with E-state index in [0.29, 0.717) is 18.1 Å². The first-order valence-electron chi connectivity index (χ1n) is 7.07. The molecule has 0 atom stereocenters. The molecule has 0 aliphatic rings. The maximum Gasteiger partial charge on any atom is 0.343 e. The number of carbonyl (C=O) groups is 1. The summed E-state index contributed by atoms with van der Waals surface area (Å²) in [7, 11) is 1.33. The lowest BCUT2D eigenvalue weighted by Crippen LogP contribution is -2.13. The Kier molecular flexibility index (Phi) is 5.42. The number of hydrogen-bond donors (Lipinski definition) is 0. The van der Waals surface area contributed by atoms with E-state index in [1.54, 1.807) is 0 Å². The molecule has 4 nitrogen and oxygen atoms in total. The smallest absolute Gasteiger partial charge is 0.343 e. The molecule has 0 saturated carbocycles. The van der Waals surface area contributed by atoms with Gasteiger partial charge in [-0.1, -0.05) is 36.4 Å². The van der Waals surface area contributed by atoms with Gasteiger partial charge in [0.1, 0.15) is 6.61 Å². The molecular weight excluding hydrogens is 280 g/mol. The lowest BCUT2D eigenvalue weighted by molar-refractivity contribution is -0.142. The van der Waals surface area contributed by atoms with Crippen LogP contribution in [0.5, 0.6) is 11.5 Å². The van der Waals surface area contributed by atoms with Crippen LogP contribution in [0.15, 0.2) is 42.5 Å². The van der Waals surface area contributed by atoms with Crippen molar-refractivity contribution in [3.63, 3.8) is 0 Å². The molecule has 0 N–H and O–H groups in total. The maximum atomic E-state index is 11.3. The molecule has 4 heteroatoms. The van der Waals surface area contributed by atoms with Crippen LogP contribution in [0, 0.1) is 13.8 Å². The summed E-state index contributed by atoms with van der Waals surface area (Å²) in [6, 6.07) is 13.8. The van der Waals surface area contributed by atoms with Gasteiger partial charge in [0.2, 0.25) is 0 Å². The number of ether oxygens (including phenoxy) is 3. The molecule has 0 heterocycles. The van der Waals surface area contributed by atoms with Gasteiger partial charge in [0.15, 0.2) is 18.1 Å². The molecule has 0 bridgehead atoms. The fourth-order valence-electron chi connectivity index (χ4n) is 2.13. The van der Waals surface area contributed by atoms with Gasteiger partial charge in [-0.3, -0.25) is 0 Å². The van der Waals surface area contributed by atoms with Crippen molar-refractivity contribution in [1.29, 1.82) is 0 Å². The van der Waals surface area contributed by atoms with Gasteiger partial charge in [-0.2, -0.15) is 0 Å². The van der Waals surface area contributed by atoms with Gasteiger partial charge in [0, 0.05) is 0 Å². The van der Waals surface area contributed by atoms with Crippen LogP contribution in [-0.2, 0) is 16.1 Å². The zero-order chi connectivity index (χ0) is 15.9. The maximum absolute atomic E-state index is 11.3. The van der Waals surface area contributed by atoms with Crippen molar-refractivity contribution in [3.8, 4) is 11.5 Å². The van der Waals surface area contributed by atoms with Crippen molar-refractivity contribution in [2.75, 3.05) is 13.7 Å². The van der Waals surface area contributed by atoms with Gasteiger partial charge < -0.3 is 14.2 Å². The lowest BCUT2D eigenvalue weighted by Gasteiger charge is -2.15. The van der Waals surface area contributed by atoms with E-state index in [0.717, 1.165) is 16.7 Å². The van der Waals surface area contributed by atoms with Crippen LogP contribution < -0.4 is 9.47 Å². The third-order valence-electron chi connectivity index (χ3n) is 3.18. The van der Waals surface area contributed by atoms with Crippen molar-refractivity contribution in [1.82, 2.24) is 0 Å². The number of esters is 1. The van der Waals surface area contributed by atoms with Gasteiger partial charge in [-0.05, 0) is 36.6 Å². The fraction of sp³-hybridized carbons (Fsp3) is 0.278. The molecule has 0 saturated heterocycles. The zero-order valence-corrected chi connectivity index (χ0v) is 13.1. The average Bonchev–Trinajstić information content (AvgIpc) is 2.52. The van der Waals surface area contributed by atoms with Gasteiger partial charge in [0.25, 0.3) is 0 Å². The predicted molar refractivity (Wildman–Crippen MR) is 84.2 cm³/mol. The van der Waals surface area contributed by atoms with Crippen LogP contribution in [0.2, 0.25) is 0 Å². The van der Waals surface area contributed by atoms with Gasteiger partial charge in [-0.15, -0.1) is 0 Å². The van der Waals surface area contributed by atoms with E-state index >= 15 is 0 Å². The minimum Gasteiger partial charge on any atom is -0.485 e. The van der Waals surface area contributed by atoms with Crippen LogP contribution >= 0.6 is 0 Å². The van der Waals surface area contributed by atoms with E-state index in [4.69, 9.17) is 9.47 Å². The Morgan fingerprint density at radius 1 is 1.05 bits per heavy atom. The molecular formula is C18H20O4. The second-order valence-electron chi connectivity index (χ2n) is 5.05. The van der Waals surface area contributed by atoms with Crippen LogP contribution in [0.25, 0.3) is 0 Å². The molecule has 0 radical (unpaired) electrons. The quantitative estimate of drug-likeness (QED) is 0.767. The first-order chi connectivity index (χ1) is 10.6. The molecule has 2 aromatic carbocycles. The first-order valence-corrected chi connectivity index (χ1v) is 7.07. The number of rotatable bonds is 6. The SMILES string of the molecule is COC(=O)COc1cc(C)cc(C)c1OCc1ccccc1. The van der Waals surface area contributed by atoms with E-state index in [1.165, 1.54) is 7.11 Å². The van der Waals surface area contributed by atoms with Crippen LogP contribution in [0.4, 0.5) is 0 Å².